The first-order chi connectivity index (χ1) is 15.1. The van der Waals surface area contributed by atoms with Gasteiger partial charge >= 0.3 is 5.97 Å². The van der Waals surface area contributed by atoms with Crippen molar-refractivity contribution in [3.05, 3.63) is 33.7 Å². The van der Waals surface area contributed by atoms with Gasteiger partial charge in [0.1, 0.15) is 5.00 Å². The number of carbonyl (C=O) groups is 2. The average Bonchev–Trinajstić information content (AvgIpc) is 3.13. The van der Waals surface area contributed by atoms with Crippen LogP contribution in [0.1, 0.15) is 58.3 Å². The highest BCUT2D eigenvalue weighted by Crippen LogP contribution is 2.45. The topological polar surface area (TPSA) is 83.1 Å². The first kappa shape index (κ1) is 23.9. The SMILES string of the molecule is COC(=O)c1c(NC(=O)c2cc(OC)c(OC)c(OC)c2)sc2c1CC[C@H](C(C)(C)C)C2. The van der Waals surface area contributed by atoms with Gasteiger partial charge in [0.2, 0.25) is 5.75 Å². The van der Waals surface area contributed by atoms with Gasteiger partial charge in [0.05, 0.1) is 34.0 Å². The standard InChI is InChI=1S/C24H31NO6S/c1-24(2,3)14-8-9-15-18(12-14)32-22(19(15)23(27)31-7)25-21(26)13-10-16(28-4)20(30-6)17(11-13)29-5/h10-11,14H,8-9,12H2,1-7H3,(H,25,26)/t14-/m0/s1. The van der Waals surface area contributed by atoms with Gasteiger partial charge in [0, 0.05) is 10.4 Å². The van der Waals surface area contributed by atoms with E-state index in [4.69, 9.17) is 18.9 Å². The van der Waals surface area contributed by atoms with Crippen LogP contribution in [0.4, 0.5) is 5.00 Å². The van der Waals surface area contributed by atoms with E-state index in [0.29, 0.717) is 39.3 Å². The van der Waals surface area contributed by atoms with Crippen LogP contribution < -0.4 is 19.5 Å². The maximum absolute atomic E-state index is 13.1. The van der Waals surface area contributed by atoms with Crippen LogP contribution in [-0.2, 0) is 17.6 Å². The number of hydrogen-bond donors (Lipinski definition) is 1. The van der Waals surface area contributed by atoms with Gasteiger partial charge < -0.3 is 24.3 Å². The lowest BCUT2D eigenvalue weighted by Crippen LogP contribution is -2.26. The van der Waals surface area contributed by atoms with Crippen LogP contribution in [-0.4, -0.2) is 40.3 Å². The number of carbonyl (C=O) groups excluding carboxylic acids is 2. The van der Waals surface area contributed by atoms with Crippen molar-refractivity contribution in [2.45, 2.75) is 40.0 Å². The molecule has 0 fully saturated rings. The molecule has 7 nitrogen and oxygen atoms in total. The molecule has 1 aromatic heterocycles. The second kappa shape index (κ2) is 9.40. The van der Waals surface area contributed by atoms with Crippen LogP contribution in [0.15, 0.2) is 12.1 Å². The number of benzene rings is 1. The number of amides is 1. The van der Waals surface area contributed by atoms with Crippen molar-refractivity contribution in [3.8, 4) is 17.2 Å². The molecular weight excluding hydrogens is 430 g/mol. The normalized spacial score (nSPS) is 15.5. The minimum atomic E-state index is -0.433. The zero-order valence-electron chi connectivity index (χ0n) is 19.7. The summed E-state index contributed by atoms with van der Waals surface area (Å²) in [4.78, 5) is 26.9. The molecule has 0 saturated carbocycles. The minimum absolute atomic E-state index is 0.173. The number of esters is 1. The molecular formula is C24H31NO6S. The van der Waals surface area contributed by atoms with Crippen molar-refractivity contribution in [1.29, 1.82) is 0 Å². The molecule has 0 unspecified atom stereocenters. The minimum Gasteiger partial charge on any atom is -0.493 e. The Morgan fingerprint density at radius 3 is 2.16 bits per heavy atom. The molecule has 2 aromatic rings. The second-order valence-electron chi connectivity index (χ2n) is 8.87. The maximum Gasteiger partial charge on any atom is 0.341 e. The van der Waals surface area contributed by atoms with Gasteiger partial charge in [0.15, 0.2) is 11.5 Å². The lowest BCUT2D eigenvalue weighted by molar-refractivity contribution is 0.0600. The highest BCUT2D eigenvalue weighted by molar-refractivity contribution is 7.17. The largest absolute Gasteiger partial charge is 0.493 e. The van der Waals surface area contributed by atoms with Crippen LogP contribution in [0.25, 0.3) is 0 Å². The monoisotopic (exact) mass is 461 g/mol. The Hall–Kier alpha value is -2.74. The molecule has 1 atom stereocenters. The molecule has 0 saturated heterocycles. The zero-order valence-corrected chi connectivity index (χ0v) is 20.5. The summed E-state index contributed by atoms with van der Waals surface area (Å²) >= 11 is 1.46. The molecule has 1 aromatic carbocycles. The van der Waals surface area contributed by atoms with E-state index in [9.17, 15) is 9.59 Å². The van der Waals surface area contributed by atoms with Crippen LogP contribution >= 0.6 is 11.3 Å². The molecule has 8 heteroatoms. The Kier molecular flexibility index (Phi) is 7.03. The third-order valence-corrected chi connectivity index (χ3v) is 7.20. The van der Waals surface area contributed by atoms with Gasteiger partial charge in [-0.25, -0.2) is 4.79 Å². The first-order valence-electron chi connectivity index (χ1n) is 10.5. The summed E-state index contributed by atoms with van der Waals surface area (Å²) in [5, 5.41) is 3.43. The van der Waals surface area contributed by atoms with Crippen molar-refractivity contribution < 1.29 is 28.5 Å². The van der Waals surface area contributed by atoms with Crippen molar-refractivity contribution >= 4 is 28.2 Å². The predicted molar refractivity (Wildman–Crippen MR) is 125 cm³/mol. The molecule has 1 amide bonds. The lowest BCUT2D eigenvalue weighted by Gasteiger charge is -2.33. The summed E-state index contributed by atoms with van der Waals surface area (Å²) in [5.41, 5.74) is 1.95. The Labute approximate surface area is 193 Å². The van der Waals surface area contributed by atoms with Crippen molar-refractivity contribution in [1.82, 2.24) is 0 Å². The molecule has 32 heavy (non-hydrogen) atoms. The fourth-order valence-corrected chi connectivity index (χ4v) is 5.43. The number of rotatable bonds is 6. The van der Waals surface area contributed by atoms with E-state index in [-0.39, 0.29) is 11.3 Å². The molecule has 1 N–H and O–H groups in total. The molecule has 3 rings (SSSR count). The zero-order chi connectivity index (χ0) is 23.6. The van der Waals surface area contributed by atoms with Crippen LogP contribution in [0.2, 0.25) is 0 Å². The Morgan fingerprint density at radius 1 is 1.03 bits per heavy atom. The molecule has 1 aliphatic rings. The summed E-state index contributed by atoms with van der Waals surface area (Å²) in [6.45, 7) is 6.72. The molecule has 1 aliphatic carbocycles. The number of nitrogens with one attached hydrogen (secondary N) is 1. The summed E-state index contributed by atoms with van der Waals surface area (Å²) in [7, 11) is 5.85. The van der Waals surface area contributed by atoms with Crippen molar-refractivity contribution in [2.75, 3.05) is 33.8 Å². The number of hydrogen-bond acceptors (Lipinski definition) is 7. The molecule has 0 spiro atoms. The van der Waals surface area contributed by atoms with E-state index in [1.54, 1.807) is 12.1 Å². The van der Waals surface area contributed by atoms with Gasteiger partial charge in [-0.2, -0.15) is 0 Å². The van der Waals surface area contributed by atoms with Gasteiger partial charge in [-0.1, -0.05) is 20.8 Å². The highest BCUT2D eigenvalue weighted by Gasteiger charge is 2.34. The fourth-order valence-electron chi connectivity index (χ4n) is 4.12. The van der Waals surface area contributed by atoms with Gasteiger partial charge in [-0.3, -0.25) is 4.79 Å². The van der Waals surface area contributed by atoms with Gasteiger partial charge in [0.25, 0.3) is 5.91 Å². The number of thiophene rings is 1. The predicted octanol–water partition coefficient (Wildman–Crippen LogP) is 4.96. The van der Waals surface area contributed by atoms with Gasteiger partial charge in [-0.05, 0) is 48.3 Å². The Balaban J connectivity index is 1.98. The number of anilines is 1. The van der Waals surface area contributed by atoms with Crippen molar-refractivity contribution in [2.24, 2.45) is 11.3 Å². The van der Waals surface area contributed by atoms with Crippen LogP contribution in [0.5, 0.6) is 17.2 Å². The molecule has 174 valence electrons. The Morgan fingerprint density at radius 2 is 1.66 bits per heavy atom. The van der Waals surface area contributed by atoms with E-state index >= 15 is 0 Å². The maximum atomic E-state index is 13.1. The van der Waals surface area contributed by atoms with E-state index in [1.807, 2.05) is 0 Å². The average molecular weight is 462 g/mol. The van der Waals surface area contributed by atoms with E-state index < -0.39 is 5.97 Å². The Bertz CT molecular complexity index is 995. The van der Waals surface area contributed by atoms with Crippen molar-refractivity contribution in [3.63, 3.8) is 0 Å². The summed E-state index contributed by atoms with van der Waals surface area (Å²) < 4.78 is 21.1. The number of ether oxygens (including phenoxy) is 4. The third kappa shape index (κ3) is 4.55. The number of methoxy groups -OCH3 is 4. The quantitative estimate of drug-likeness (QED) is 0.612. The second-order valence-corrected chi connectivity index (χ2v) is 9.98. The highest BCUT2D eigenvalue weighted by atomic mass is 32.1. The van der Waals surface area contributed by atoms with E-state index in [0.717, 1.165) is 29.7 Å². The van der Waals surface area contributed by atoms with E-state index in [1.165, 1.54) is 39.8 Å². The lowest BCUT2D eigenvalue weighted by atomic mass is 9.72. The third-order valence-electron chi connectivity index (χ3n) is 6.03. The molecule has 1 heterocycles. The smallest absolute Gasteiger partial charge is 0.341 e. The van der Waals surface area contributed by atoms with Gasteiger partial charge in [-0.15, -0.1) is 11.3 Å². The van der Waals surface area contributed by atoms with Crippen LogP contribution in [0.3, 0.4) is 0 Å². The number of fused-ring (bicyclic) bond motifs is 1. The van der Waals surface area contributed by atoms with E-state index in [2.05, 4.69) is 26.1 Å². The molecule has 0 bridgehead atoms. The molecule has 0 aliphatic heterocycles. The summed E-state index contributed by atoms with van der Waals surface area (Å²) in [6, 6.07) is 3.16. The fraction of sp³-hybridized carbons (Fsp3) is 0.500. The van der Waals surface area contributed by atoms with Crippen LogP contribution in [0, 0.1) is 11.3 Å². The summed E-state index contributed by atoms with van der Waals surface area (Å²) in [6.07, 6.45) is 2.67. The first-order valence-corrected chi connectivity index (χ1v) is 11.3. The molecule has 0 radical (unpaired) electrons. The summed E-state index contributed by atoms with van der Waals surface area (Å²) in [5.74, 6) is 0.865.